The number of nitrogens with zero attached hydrogens (tertiary/aromatic N) is 1. The van der Waals surface area contributed by atoms with Crippen molar-refractivity contribution in [3.63, 3.8) is 0 Å². The molecule has 8 heteroatoms. The van der Waals surface area contributed by atoms with Gasteiger partial charge in [0.1, 0.15) is 5.76 Å². The van der Waals surface area contributed by atoms with E-state index in [4.69, 9.17) is 4.42 Å². The van der Waals surface area contributed by atoms with Crippen LogP contribution in [-0.4, -0.2) is 16.7 Å². The van der Waals surface area contributed by atoms with Crippen LogP contribution in [0.4, 0.5) is 11.4 Å². The summed E-state index contributed by atoms with van der Waals surface area (Å²) in [4.78, 5) is 35.1. The first-order chi connectivity index (χ1) is 13.0. The number of hydrogen-bond donors (Lipinski definition) is 2. The molecule has 1 heterocycles. The maximum absolute atomic E-state index is 12.4. The largest absolute Gasteiger partial charge is 0.467 e. The van der Waals surface area contributed by atoms with E-state index in [1.807, 2.05) is 0 Å². The van der Waals surface area contributed by atoms with Gasteiger partial charge >= 0.3 is 0 Å². The summed E-state index contributed by atoms with van der Waals surface area (Å²) in [5.41, 5.74) is 0.496. The predicted octanol–water partition coefficient (Wildman–Crippen LogP) is 3.37. The molecule has 0 bridgehead atoms. The zero-order chi connectivity index (χ0) is 19.2. The van der Waals surface area contributed by atoms with Crippen LogP contribution in [0.15, 0.2) is 71.3 Å². The van der Waals surface area contributed by atoms with Gasteiger partial charge < -0.3 is 15.1 Å². The van der Waals surface area contributed by atoms with Crippen molar-refractivity contribution in [2.24, 2.45) is 0 Å². The fourth-order valence-electron chi connectivity index (χ4n) is 2.42. The number of amides is 2. The summed E-state index contributed by atoms with van der Waals surface area (Å²) in [5.74, 6) is -0.340. The molecule has 0 aliphatic rings. The number of hydrogen-bond acceptors (Lipinski definition) is 5. The van der Waals surface area contributed by atoms with E-state index in [9.17, 15) is 19.7 Å². The molecule has 3 aromatic rings. The van der Waals surface area contributed by atoms with E-state index >= 15 is 0 Å². The molecular formula is C19H15N3O5. The smallest absolute Gasteiger partial charge is 0.270 e. The highest BCUT2D eigenvalue weighted by molar-refractivity contribution is 6.09. The molecule has 0 unspecified atom stereocenters. The molecule has 27 heavy (non-hydrogen) atoms. The molecule has 1 aromatic heterocycles. The number of non-ortho nitro benzene ring substituents is 1. The van der Waals surface area contributed by atoms with E-state index < -0.39 is 10.8 Å². The third-order valence-electron chi connectivity index (χ3n) is 3.74. The number of nitrogens with one attached hydrogen (secondary N) is 2. The molecule has 0 aliphatic carbocycles. The van der Waals surface area contributed by atoms with Crippen molar-refractivity contribution in [3.8, 4) is 0 Å². The van der Waals surface area contributed by atoms with E-state index in [0.717, 1.165) is 0 Å². The van der Waals surface area contributed by atoms with Crippen LogP contribution in [-0.2, 0) is 6.54 Å². The van der Waals surface area contributed by atoms with Crippen LogP contribution >= 0.6 is 0 Å². The van der Waals surface area contributed by atoms with Gasteiger partial charge in [-0.3, -0.25) is 19.7 Å². The number of benzene rings is 2. The van der Waals surface area contributed by atoms with E-state index in [1.165, 1.54) is 30.5 Å². The molecule has 0 fully saturated rings. The molecule has 8 nitrogen and oxygen atoms in total. The molecule has 0 atom stereocenters. The number of carbonyl (C=O) groups is 2. The summed E-state index contributed by atoms with van der Waals surface area (Å²) in [7, 11) is 0. The highest BCUT2D eigenvalue weighted by Gasteiger charge is 2.16. The van der Waals surface area contributed by atoms with Gasteiger partial charge in [0.15, 0.2) is 0 Å². The number of carbonyl (C=O) groups excluding carboxylic acids is 2. The minimum atomic E-state index is -0.577. The number of nitro benzene ring substituents is 1. The van der Waals surface area contributed by atoms with Crippen molar-refractivity contribution in [2.45, 2.75) is 6.54 Å². The minimum absolute atomic E-state index is 0.120. The van der Waals surface area contributed by atoms with Gasteiger partial charge in [0.05, 0.1) is 29.0 Å². The molecule has 3 rings (SSSR count). The molecule has 2 N–H and O–H groups in total. The number of para-hydroxylation sites is 1. The quantitative estimate of drug-likeness (QED) is 0.513. The first kappa shape index (κ1) is 17.9. The van der Waals surface area contributed by atoms with Crippen molar-refractivity contribution in [3.05, 3.63) is 93.9 Å². The summed E-state index contributed by atoms with van der Waals surface area (Å²) in [6, 6.07) is 15.3. The van der Waals surface area contributed by atoms with Crippen molar-refractivity contribution in [1.82, 2.24) is 5.32 Å². The number of furan rings is 1. The van der Waals surface area contributed by atoms with Gasteiger partial charge in [-0.05, 0) is 30.3 Å². The van der Waals surface area contributed by atoms with Crippen molar-refractivity contribution >= 4 is 23.2 Å². The second kappa shape index (κ2) is 7.96. The van der Waals surface area contributed by atoms with Crippen LogP contribution in [0.3, 0.4) is 0 Å². The van der Waals surface area contributed by atoms with Gasteiger partial charge in [0.25, 0.3) is 17.5 Å². The highest BCUT2D eigenvalue weighted by atomic mass is 16.6. The van der Waals surface area contributed by atoms with Crippen LogP contribution < -0.4 is 10.6 Å². The van der Waals surface area contributed by atoms with Gasteiger partial charge in [-0.2, -0.15) is 0 Å². The number of anilines is 1. The lowest BCUT2D eigenvalue weighted by Gasteiger charge is -2.11. The Morgan fingerprint density at radius 2 is 1.81 bits per heavy atom. The lowest BCUT2D eigenvalue weighted by molar-refractivity contribution is -0.384. The summed E-state index contributed by atoms with van der Waals surface area (Å²) >= 11 is 0. The molecule has 2 amide bonds. The van der Waals surface area contributed by atoms with Crippen LogP contribution in [0.25, 0.3) is 0 Å². The molecular weight excluding hydrogens is 350 g/mol. The molecule has 0 saturated heterocycles. The average molecular weight is 365 g/mol. The molecule has 0 saturated carbocycles. The van der Waals surface area contributed by atoms with E-state index in [-0.39, 0.29) is 29.3 Å². The minimum Gasteiger partial charge on any atom is -0.467 e. The van der Waals surface area contributed by atoms with Crippen molar-refractivity contribution in [1.29, 1.82) is 0 Å². The molecule has 136 valence electrons. The Labute approximate surface area is 154 Å². The van der Waals surface area contributed by atoms with Crippen LogP contribution in [0, 0.1) is 10.1 Å². The first-order valence-electron chi connectivity index (χ1n) is 8.00. The van der Waals surface area contributed by atoms with Crippen LogP contribution in [0.2, 0.25) is 0 Å². The lowest BCUT2D eigenvalue weighted by Crippen LogP contribution is -2.24. The summed E-state index contributed by atoms with van der Waals surface area (Å²) < 4.78 is 5.16. The van der Waals surface area contributed by atoms with E-state index in [2.05, 4.69) is 10.6 Å². The van der Waals surface area contributed by atoms with Crippen LogP contribution in [0.1, 0.15) is 26.5 Å². The third-order valence-corrected chi connectivity index (χ3v) is 3.74. The summed E-state index contributed by atoms with van der Waals surface area (Å²) in [6.07, 6.45) is 1.51. The summed E-state index contributed by atoms with van der Waals surface area (Å²) in [6.45, 7) is 0.207. The average Bonchev–Trinajstić information content (AvgIpc) is 3.20. The fourth-order valence-corrected chi connectivity index (χ4v) is 2.42. The molecule has 0 aliphatic heterocycles. The highest BCUT2D eigenvalue weighted by Crippen LogP contribution is 2.18. The Hall–Kier alpha value is -3.94. The maximum Gasteiger partial charge on any atom is 0.270 e. The zero-order valence-corrected chi connectivity index (χ0v) is 14.0. The third kappa shape index (κ3) is 4.37. The Bertz CT molecular complexity index is 983. The van der Waals surface area contributed by atoms with Gasteiger partial charge in [-0.25, -0.2) is 0 Å². The van der Waals surface area contributed by atoms with Crippen molar-refractivity contribution < 1.29 is 18.9 Å². The predicted molar refractivity (Wildman–Crippen MR) is 97.4 cm³/mol. The molecule has 0 spiro atoms. The van der Waals surface area contributed by atoms with Gasteiger partial charge in [-0.1, -0.05) is 18.2 Å². The molecule has 2 aromatic carbocycles. The maximum atomic E-state index is 12.4. The zero-order valence-electron chi connectivity index (χ0n) is 14.0. The van der Waals surface area contributed by atoms with Gasteiger partial charge in [0, 0.05) is 17.7 Å². The van der Waals surface area contributed by atoms with Crippen LogP contribution in [0.5, 0.6) is 0 Å². The Kier molecular flexibility index (Phi) is 5.27. The number of nitro groups is 1. The van der Waals surface area contributed by atoms with Gasteiger partial charge in [-0.15, -0.1) is 0 Å². The molecule has 0 radical (unpaired) electrons. The van der Waals surface area contributed by atoms with E-state index in [0.29, 0.717) is 11.4 Å². The van der Waals surface area contributed by atoms with Crippen molar-refractivity contribution in [2.75, 3.05) is 5.32 Å². The number of rotatable bonds is 6. The van der Waals surface area contributed by atoms with Gasteiger partial charge in [0.2, 0.25) is 0 Å². The van der Waals surface area contributed by atoms with E-state index in [1.54, 1.807) is 36.4 Å². The topological polar surface area (TPSA) is 114 Å². The monoisotopic (exact) mass is 365 g/mol. The lowest BCUT2D eigenvalue weighted by atomic mass is 10.1. The normalized spacial score (nSPS) is 10.2. The fraction of sp³-hybridized carbons (Fsp3) is 0.0526. The Balaban J connectivity index is 1.75. The first-order valence-corrected chi connectivity index (χ1v) is 8.00. The second-order valence-electron chi connectivity index (χ2n) is 5.57. The Morgan fingerprint density at radius 1 is 1.00 bits per heavy atom. The Morgan fingerprint density at radius 3 is 2.56 bits per heavy atom. The SMILES string of the molecule is O=C(Nc1ccccc1C(=O)NCc1ccco1)c1cccc([N+](=O)[O-])c1. The standard InChI is InChI=1S/C19H15N3O5/c23-18(13-5-3-6-14(11-13)22(25)26)21-17-9-2-1-8-16(17)19(24)20-12-15-7-4-10-27-15/h1-11H,12H2,(H,20,24)(H,21,23). The summed E-state index contributed by atoms with van der Waals surface area (Å²) in [5, 5.41) is 16.2. The second-order valence-corrected chi connectivity index (χ2v) is 5.57.